The minimum absolute atomic E-state index is 0.0878. The van der Waals surface area contributed by atoms with E-state index in [0.717, 1.165) is 18.5 Å². The predicted octanol–water partition coefficient (Wildman–Crippen LogP) is 2.26. The summed E-state index contributed by atoms with van der Waals surface area (Å²) in [7, 11) is 2.13. The molecule has 0 aliphatic heterocycles. The van der Waals surface area contributed by atoms with Gasteiger partial charge in [0.25, 0.3) is 0 Å². The second-order valence-electron chi connectivity index (χ2n) is 4.29. The fraction of sp³-hybridized carbons (Fsp3) is 0.467. The van der Waals surface area contributed by atoms with Crippen molar-refractivity contribution < 1.29 is 5.11 Å². The van der Waals surface area contributed by atoms with Gasteiger partial charge in [0.15, 0.2) is 0 Å². The van der Waals surface area contributed by atoms with Crippen molar-refractivity contribution in [2.45, 2.75) is 32.9 Å². The molecule has 0 aliphatic carbocycles. The van der Waals surface area contributed by atoms with Gasteiger partial charge >= 0.3 is 0 Å². The first-order valence-electron chi connectivity index (χ1n) is 6.07. The van der Waals surface area contributed by atoms with Crippen LogP contribution < -0.4 is 0 Å². The van der Waals surface area contributed by atoms with Gasteiger partial charge in [-0.25, -0.2) is 0 Å². The summed E-state index contributed by atoms with van der Waals surface area (Å²) in [5.74, 6) is 5.71. The van der Waals surface area contributed by atoms with E-state index in [1.165, 1.54) is 5.56 Å². The lowest BCUT2D eigenvalue weighted by molar-refractivity contribution is 0.243. The monoisotopic (exact) mass is 231 g/mol. The lowest BCUT2D eigenvalue weighted by Crippen LogP contribution is -2.28. The number of hydrogen-bond donors (Lipinski definition) is 1. The molecule has 0 amide bonds. The van der Waals surface area contributed by atoms with Crippen LogP contribution in [0.4, 0.5) is 0 Å². The highest BCUT2D eigenvalue weighted by atomic mass is 16.2. The number of rotatable bonds is 4. The Morgan fingerprint density at radius 3 is 2.71 bits per heavy atom. The summed E-state index contributed by atoms with van der Waals surface area (Å²) in [6, 6.07) is 8.68. The maximum atomic E-state index is 8.74. The van der Waals surface area contributed by atoms with E-state index >= 15 is 0 Å². The molecule has 0 spiro atoms. The van der Waals surface area contributed by atoms with E-state index in [4.69, 9.17) is 5.11 Å². The van der Waals surface area contributed by atoms with Crippen molar-refractivity contribution in [3.63, 3.8) is 0 Å². The maximum absolute atomic E-state index is 8.74. The third-order valence-corrected chi connectivity index (χ3v) is 3.08. The number of aliphatic hydroxyl groups is 1. The van der Waals surface area contributed by atoms with E-state index in [0.29, 0.717) is 6.04 Å². The maximum Gasteiger partial charge on any atom is 0.104 e. The molecule has 17 heavy (non-hydrogen) atoms. The zero-order valence-electron chi connectivity index (χ0n) is 10.9. The Balaban J connectivity index is 2.83. The molecular formula is C15H21NO. The first kappa shape index (κ1) is 13.8. The van der Waals surface area contributed by atoms with Crippen LogP contribution in [0.5, 0.6) is 0 Å². The third-order valence-electron chi connectivity index (χ3n) is 3.08. The third kappa shape index (κ3) is 4.22. The molecule has 1 N–H and O–H groups in total. The minimum Gasteiger partial charge on any atom is -0.384 e. The van der Waals surface area contributed by atoms with Crippen LogP contribution in [0.25, 0.3) is 0 Å². The van der Waals surface area contributed by atoms with Gasteiger partial charge in [-0.3, -0.25) is 4.90 Å². The van der Waals surface area contributed by atoms with E-state index in [1.807, 2.05) is 18.2 Å². The van der Waals surface area contributed by atoms with Crippen LogP contribution >= 0.6 is 0 Å². The molecule has 0 saturated heterocycles. The molecule has 2 heteroatoms. The van der Waals surface area contributed by atoms with Gasteiger partial charge in [0.2, 0.25) is 0 Å². The van der Waals surface area contributed by atoms with E-state index in [9.17, 15) is 0 Å². The first-order chi connectivity index (χ1) is 8.19. The molecule has 1 atom stereocenters. The quantitative estimate of drug-likeness (QED) is 0.803. The molecule has 0 heterocycles. The Morgan fingerprint density at radius 1 is 1.35 bits per heavy atom. The average Bonchev–Trinajstić information content (AvgIpc) is 2.36. The van der Waals surface area contributed by atoms with Gasteiger partial charge in [0.1, 0.15) is 6.61 Å². The molecule has 0 radical (unpaired) electrons. The van der Waals surface area contributed by atoms with Crippen LogP contribution in [-0.4, -0.2) is 29.7 Å². The van der Waals surface area contributed by atoms with Crippen LogP contribution in [0.1, 0.15) is 31.4 Å². The highest BCUT2D eigenvalue weighted by molar-refractivity contribution is 5.41. The summed E-state index contributed by atoms with van der Waals surface area (Å²) in [6.45, 7) is 5.22. The van der Waals surface area contributed by atoms with Gasteiger partial charge in [0, 0.05) is 18.2 Å². The molecule has 0 saturated carbocycles. The lowest BCUT2D eigenvalue weighted by atomic mass is 10.1. The van der Waals surface area contributed by atoms with Crippen molar-refractivity contribution in [1.82, 2.24) is 4.90 Å². The molecule has 1 aromatic carbocycles. The van der Waals surface area contributed by atoms with Crippen molar-refractivity contribution in [2.24, 2.45) is 0 Å². The van der Waals surface area contributed by atoms with E-state index in [2.05, 4.69) is 43.7 Å². The Bertz CT molecular complexity index is 403. The minimum atomic E-state index is -0.0878. The van der Waals surface area contributed by atoms with Crippen LogP contribution in [0.3, 0.4) is 0 Å². The van der Waals surface area contributed by atoms with Gasteiger partial charge in [0.05, 0.1) is 0 Å². The van der Waals surface area contributed by atoms with Crippen LogP contribution in [-0.2, 0) is 6.54 Å². The topological polar surface area (TPSA) is 23.5 Å². The smallest absolute Gasteiger partial charge is 0.104 e. The van der Waals surface area contributed by atoms with E-state index in [-0.39, 0.29) is 6.61 Å². The van der Waals surface area contributed by atoms with Gasteiger partial charge < -0.3 is 5.11 Å². The molecule has 1 unspecified atom stereocenters. The largest absolute Gasteiger partial charge is 0.384 e. The highest BCUT2D eigenvalue weighted by Gasteiger charge is 2.08. The predicted molar refractivity (Wildman–Crippen MR) is 71.6 cm³/mol. The van der Waals surface area contributed by atoms with Gasteiger partial charge in [-0.15, -0.1) is 0 Å². The van der Waals surface area contributed by atoms with E-state index < -0.39 is 0 Å². The molecule has 2 nitrogen and oxygen atoms in total. The zero-order valence-corrected chi connectivity index (χ0v) is 10.9. The van der Waals surface area contributed by atoms with Crippen LogP contribution in [0.15, 0.2) is 24.3 Å². The Hall–Kier alpha value is -1.30. The van der Waals surface area contributed by atoms with Gasteiger partial charge in [-0.1, -0.05) is 37.0 Å². The molecule has 0 bridgehead atoms. The molecule has 92 valence electrons. The molecule has 1 rings (SSSR count). The van der Waals surface area contributed by atoms with Crippen molar-refractivity contribution >= 4 is 0 Å². The number of nitrogens with zero attached hydrogens (tertiary/aromatic N) is 1. The number of benzene rings is 1. The fourth-order valence-electron chi connectivity index (χ4n) is 1.65. The lowest BCUT2D eigenvalue weighted by Gasteiger charge is -2.24. The number of hydrogen-bond acceptors (Lipinski definition) is 2. The zero-order chi connectivity index (χ0) is 12.7. The fourth-order valence-corrected chi connectivity index (χ4v) is 1.65. The standard InChI is InChI=1S/C15H21NO/c1-4-13(2)16(3)12-15-9-6-5-8-14(15)10-7-11-17/h5-6,8-9,13,17H,4,11-12H2,1-3H3. The highest BCUT2D eigenvalue weighted by Crippen LogP contribution is 2.12. The Morgan fingerprint density at radius 2 is 2.06 bits per heavy atom. The molecule has 0 aromatic heterocycles. The second kappa shape index (κ2) is 7.11. The van der Waals surface area contributed by atoms with Gasteiger partial charge in [-0.2, -0.15) is 0 Å². The van der Waals surface area contributed by atoms with Crippen molar-refractivity contribution in [1.29, 1.82) is 0 Å². The van der Waals surface area contributed by atoms with Crippen LogP contribution in [0, 0.1) is 11.8 Å². The number of aliphatic hydroxyl groups excluding tert-OH is 1. The summed E-state index contributed by atoms with van der Waals surface area (Å²) in [5, 5.41) is 8.74. The first-order valence-corrected chi connectivity index (χ1v) is 6.07. The average molecular weight is 231 g/mol. The van der Waals surface area contributed by atoms with E-state index in [1.54, 1.807) is 0 Å². The molecule has 0 aliphatic rings. The van der Waals surface area contributed by atoms with Crippen LogP contribution in [0.2, 0.25) is 0 Å². The summed E-state index contributed by atoms with van der Waals surface area (Å²) < 4.78 is 0. The van der Waals surface area contributed by atoms with Crippen molar-refractivity contribution in [3.8, 4) is 11.8 Å². The molecule has 0 fully saturated rings. The summed E-state index contributed by atoms with van der Waals surface area (Å²) in [5.41, 5.74) is 2.23. The summed E-state index contributed by atoms with van der Waals surface area (Å²) >= 11 is 0. The summed E-state index contributed by atoms with van der Waals surface area (Å²) in [6.07, 6.45) is 1.14. The van der Waals surface area contributed by atoms with Crippen molar-refractivity contribution in [3.05, 3.63) is 35.4 Å². The summed E-state index contributed by atoms with van der Waals surface area (Å²) in [4.78, 5) is 2.32. The molecular weight excluding hydrogens is 210 g/mol. The second-order valence-corrected chi connectivity index (χ2v) is 4.29. The Kier molecular flexibility index (Phi) is 5.76. The van der Waals surface area contributed by atoms with Crippen molar-refractivity contribution in [2.75, 3.05) is 13.7 Å². The van der Waals surface area contributed by atoms with Gasteiger partial charge in [-0.05, 0) is 32.0 Å². The normalized spacial score (nSPS) is 12.1. The molecule has 1 aromatic rings. The SMILES string of the molecule is CCC(C)N(C)Cc1ccccc1C#CCO. The Labute approximate surface area is 104 Å².